The Morgan fingerprint density at radius 3 is 2.48 bits per heavy atom. The normalized spacial score (nSPS) is 19.6. The molecule has 152 valence electrons. The third-order valence-corrected chi connectivity index (χ3v) is 5.14. The van der Waals surface area contributed by atoms with Gasteiger partial charge in [0.05, 0.1) is 12.7 Å². The molecule has 4 rings (SSSR count). The Morgan fingerprint density at radius 2 is 1.79 bits per heavy atom. The molecule has 29 heavy (non-hydrogen) atoms. The predicted octanol–water partition coefficient (Wildman–Crippen LogP) is 3.93. The molecular formula is C22H22F2N2O3. The quantitative estimate of drug-likeness (QED) is 0.675. The Labute approximate surface area is 166 Å². The number of nitrogens with one attached hydrogen (secondary N) is 1. The highest BCUT2D eigenvalue weighted by Gasteiger charge is 2.22. The van der Waals surface area contributed by atoms with Crippen LogP contribution in [0.15, 0.2) is 45.6 Å². The zero-order chi connectivity index (χ0) is 20.7. The van der Waals surface area contributed by atoms with Crippen LogP contribution in [0, 0.1) is 11.6 Å². The van der Waals surface area contributed by atoms with Gasteiger partial charge in [-0.2, -0.15) is 0 Å². The zero-order valence-corrected chi connectivity index (χ0v) is 16.5. The number of benzene rings is 2. The van der Waals surface area contributed by atoms with E-state index in [-0.39, 0.29) is 16.9 Å². The van der Waals surface area contributed by atoms with Gasteiger partial charge >= 0.3 is 5.63 Å². The number of anilines is 1. The topological polar surface area (TPSA) is 54.7 Å². The fourth-order valence-corrected chi connectivity index (χ4v) is 3.99. The first-order valence-electron chi connectivity index (χ1n) is 9.48. The molecule has 1 N–H and O–H groups in total. The molecule has 1 fully saturated rings. The molecule has 1 aliphatic heterocycles. The third kappa shape index (κ3) is 3.70. The van der Waals surface area contributed by atoms with E-state index >= 15 is 0 Å². The molecule has 0 bridgehead atoms. The predicted molar refractivity (Wildman–Crippen MR) is 109 cm³/mol. The van der Waals surface area contributed by atoms with Gasteiger partial charge in [0.1, 0.15) is 11.4 Å². The average molecular weight is 400 g/mol. The standard InChI is InChI=1S/C22H22F2N2O3/c1-12-10-26(11-13(2)25-12)16-5-4-14-6-18(22(27)29-20(14)9-16)17-7-15(23)8-19(24)21(17)28-3/h4-9,12-13,25H,10-11H2,1-3H3/t12-,13+. The van der Waals surface area contributed by atoms with Crippen molar-refractivity contribution in [3.8, 4) is 16.9 Å². The minimum absolute atomic E-state index is 0.0227. The van der Waals surface area contributed by atoms with E-state index in [2.05, 4.69) is 24.1 Å². The van der Waals surface area contributed by atoms with Crippen LogP contribution in [0.5, 0.6) is 5.75 Å². The van der Waals surface area contributed by atoms with E-state index < -0.39 is 17.3 Å². The summed E-state index contributed by atoms with van der Waals surface area (Å²) < 4.78 is 38.4. The third-order valence-electron chi connectivity index (χ3n) is 5.14. The van der Waals surface area contributed by atoms with Gasteiger partial charge in [0, 0.05) is 53.9 Å². The Kier molecular flexibility index (Phi) is 5.00. The van der Waals surface area contributed by atoms with Gasteiger partial charge in [-0.3, -0.25) is 0 Å². The molecule has 1 saturated heterocycles. The van der Waals surface area contributed by atoms with Crippen LogP contribution in [-0.2, 0) is 0 Å². The van der Waals surface area contributed by atoms with Gasteiger partial charge in [-0.15, -0.1) is 0 Å². The Morgan fingerprint density at radius 1 is 1.07 bits per heavy atom. The molecule has 3 aromatic rings. The number of methoxy groups -OCH3 is 1. The van der Waals surface area contributed by atoms with Crippen molar-refractivity contribution in [1.29, 1.82) is 0 Å². The van der Waals surface area contributed by atoms with Gasteiger partial charge in [0.25, 0.3) is 0 Å². The molecule has 0 unspecified atom stereocenters. The van der Waals surface area contributed by atoms with E-state index in [1.165, 1.54) is 7.11 Å². The molecule has 0 amide bonds. The van der Waals surface area contributed by atoms with E-state index in [1.807, 2.05) is 18.2 Å². The van der Waals surface area contributed by atoms with Gasteiger partial charge in [0.2, 0.25) is 0 Å². The summed E-state index contributed by atoms with van der Waals surface area (Å²) >= 11 is 0. The lowest BCUT2D eigenvalue weighted by Gasteiger charge is -2.37. The maximum absolute atomic E-state index is 14.1. The van der Waals surface area contributed by atoms with Gasteiger partial charge in [-0.25, -0.2) is 13.6 Å². The number of hydrogen-bond acceptors (Lipinski definition) is 5. The maximum atomic E-state index is 14.1. The largest absolute Gasteiger partial charge is 0.493 e. The van der Waals surface area contributed by atoms with Crippen molar-refractivity contribution < 1.29 is 17.9 Å². The number of ether oxygens (including phenoxy) is 1. The second kappa shape index (κ2) is 7.48. The number of fused-ring (bicyclic) bond motifs is 1. The molecule has 0 radical (unpaired) electrons. The minimum Gasteiger partial charge on any atom is -0.493 e. The van der Waals surface area contributed by atoms with Crippen LogP contribution >= 0.6 is 0 Å². The molecule has 7 heteroatoms. The van der Waals surface area contributed by atoms with Crippen molar-refractivity contribution in [3.63, 3.8) is 0 Å². The van der Waals surface area contributed by atoms with E-state index in [1.54, 1.807) is 6.07 Å². The molecule has 0 saturated carbocycles. The van der Waals surface area contributed by atoms with Crippen molar-refractivity contribution >= 4 is 16.7 Å². The second-order valence-electron chi connectivity index (χ2n) is 7.51. The van der Waals surface area contributed by atoms with Gasteiger partial charge in [-0.05, 0) is 38.1 Å². The van der Waals surface area contributed by atoms with E-state index in [0.29, 0.717) is 29.1 Å². The number of hydrogen-bond donors (Lipinski definition) is 1. The molecule has 0 aliphatic carbocycles. The van der Waals surface area contributed by atoms with E-state index in [4.69, 9.17) is 9.15 Å². The molecule has 5 nitrogen and oxygen atoms in total. The van der Waals surface area contributed by atoms with Crippen molar-refractivity contribution in [3.05, 3.63) is 58.5 Å². The summed E-state index contributed by atoms with van der Waals surface area (Å²) in [5, 5.41) is 4.14. The molecular weight excluding hydrogens is 378 g/mol. The second-order valence-corrected chi connectivity index (χ2v) is 7.51. The zero-order valence-electron chi connectivity index (χ0n) is 16.5. The molecule has 0 spiro atoms. The highest BCUT2D eigenvalue weighted by atomic mass is 19.1. The SMILES string of the molecule is COc1c(F)cc(F)cc1-c1cc2ccc(N3C[C@@H](C)N[C@@H](C)C3)cc2oc1=O. The molecule has 2 aromatic carbocycles. The first-order chi connectivity index (χ1) is 13.9. The number of nitrogens with zero attached hydrogens (tertiary/aromatic N) is 1. The first kappa shape index (κ1) is 19.4. The summed E-state index contributed by atoms with van der Waals surface area (Å²) in [6.07, 6.45) is 0. The summed E-state index contributed by atoms with van der Waals surface area (Å²) in [5.74, 6) is -1.87. The Hall–Kier alpha value is -2.93. The maximum Gasteiger partial charge on any atom is 0.344 e. The average Bonchev–Trinajstić information content (AvgIpc) is 2.65. The van der Waals surface area contributed by atoms with Gasteiger partial charge < -0.3 is 19.4 Å². The van der Waals surface area contributed by atoms with Gasteiger partial charge in [0.15, 0.2) is 11.6 Å². The highest BCUT2D eigenvalue weighted by Crippen LogP contribution is 2.33. The van der Waals surface area contributed by atoms with Crippen LogP contribution < -0.4 is 20.6 Å². The molecule has 1 aromatic heterocycles. The van der Waals surface area contributed by atoms with Crippen LogP contribution in [0.3, 0.4) is 0 Å². The lowest BCUT2D eigenvalue weighted by Crippen LogP contribution is -2.54. The van der Waals surface area contributed by atoms with Crippen molar-refractivity contribution in [2.75, 3.05) is 25.1 Å². The Bertz CT molecular complexity index is 1120. The fraction of sp³-hybridized carbons (Fsp3) is 0.318. The van der Waals surface area contributed by atoms with Crippen LogP contribution in [0.4, 0.5) is 14.5 Å². The van der Waals surface area contributed by atoms with Crippen molar-refractivity contribution in [2.45, 2.75) is 25.9 Å². The van der Waals surface area contributed by atoms with Crippen LogP contribution in [0.1, 0.15) is 13.8 Å². The van der Waals surface area contributed by atoms with Crippen molar-refractivity contribution in [2.24, 2.45) is 0 Å². The van der Waals surface area contributed by atoms with Crippen LogP contribution in [0.2, 0.25) is 0 Å². The summed E-state index contributed by atoms with van der Waals surface area (Å²) in [6, 6.07) is 9.68. The lowest BCUT2D eigenvalue weighted by molar-refractivity contribution is 0.385. The Balaban J connectivity index is 1.79. The van der Waals surface area contributed by atoms with Crippen LogP contribution in [-0.4, -0.2) is 32.3 Å². The molecule has 2 atom stereocenters. The number of halogens is 2. The summed E-state index contributed by atoms with van der Waals surface area (Å²) in [6.45, 7) is 5.94. The molecule has 2 heterocycles. The van der Waals surface area contributed by atoms with E-state index in [0.717, 1.165) is 24.8 Å². The van der Waals surface area contributed by atoms with Crippen molar-refractivity contribution in [1.82, 2.24) is 5.32 Å². The first-order valence-corrected chi connectivity index (χ1v) is 9.48. The number of rotatable bonds is 3. The monoisotopic (exact) mass is 400 g/mol. The van der Waals surface area contributed by atoms with E-state index in [9.17, 15) is 13.6 Å². The fourth-order valence-electron chi connectivity index (χ4n) is 3.99. The number of piperazine rings is 1. The smallest absolute Gasteiger partial charge is 0.344 e. The highest BCUT2D eigenvalue weighted by molar-refractivity contribution is 5.85. The lowest BCUT2D eigenvalue weighted by atomic mass is 10.0. The summed E-state index contributed by atoms with van der Waals surface area (Å²) in [5.41, 5.74) is 0.772. The summed E-state index contributed by atoms with van der Waals surface area (Å²) in [7, 11) is 1.27. The van der Waals surface area contributed by atoms with Crippen LogP contribution in [0.25, 0.3) is 22.1 Å². The minimum atomic E-state index is -0.876. The van der Waals surface area contributed by atoms with Gasteiger partial charge in [-0.1, -0.05) is 0 Å². The molecule has 1 aliphatic rings. The summed E-state index contributed by atoms with van der Waals surface area (Å²) in [4.78, 5) is 14.9.